The zero-order valence-corrected chi connectivity index (χ0v) is 18.9. The maximum atomic E-state index is 12.6. The minimum Gasteiger partial charge on any atom is -0.377 e. The molecule has 2 aliphatic rings. The highest BCUT2D eigenvalue weighted by molar-refractivity contribution is 6.30. The summed E-state index contributed by atoms with van der Waals surface area (Å²) in [5.41, 5.74) is 1.16. The number of carbonyl (C=O) groups is 1. The van der Waals surface area contributed by atoms with Crippen LogP contribution in [0.5, 0.6) is 0 Å². The largest absolute Gasteiger partial charge is 0.377 e. The quantitative estimate of drug-likeness (QED) is 0.424. The van der Waals surface area contributed by atoms with Gasteiger partial charge in [-0.25, -0.2) is 0 Å². The van der Waals surface area contributed by atoms with Gasteiger partial charge < -0.3 is 15.0 Å². The molecule has 1 saturated carbocycles. The van der Waals surface area contributed by atoms with Crippen molar-refractivity contribution >= 4 is 17.5 Å². The lowest BCUT2D eigenvalue weighted by atomic mass is 9.83. The molecule has 4 nitrogen and oxygen atoms in total. The number of nitrogens with one attached hydrogen (secondary N) is 1. The molecule has 166 valence electrons. The smallest absolute Gasteiger partial charge is 0.220 e. The molecule has 1 heterocycles. The predicted molar refractivity (Wildman–Crippen MR) is 124 cm³/mol. The van der Waals surface area contributed by atoms with Gasteiger partial charge in [0, 0.05) is 30.6 Å². The second-order valence-electron chi connectivity index (χ2n) is 8.94. The van der Waals surface area contributed by atoms with Crippen molar-refractivity contribution in [3.8, 4) is 0 Å². The number of hydrogen-bond donors (Lipinski definition) is 1. The van der Waals surface area contributed by atoms with Crippen LogP contribution in [0.2, 0.25) is 5.02 Å². The molecule has 5 heteroatoms. The zero-order valence-electron chi connectivity index (χ0n) is 18.2. The molecule has 3 atom stereocenters. The average molecular weight is 433 g/mol. The van der Waals surface area contributed by atoms with Crippen LogP contribution in [0.3, 0.4) is 0 Å². The Morgan fingerprint density at radius 2 is 2.00 bits per heavy atom. The highest BCUT2D eigenvalue weighted by atomic mass is 35.5. The van der Waals surface area contributed by atoms with E-state index in [9.17, 15) is 4.79 Å². The minimum absolute atomic E-state index is 0.177. The van der Waals surface area contributed by atoms with Gasteiger partial charge in [-0.1, -0.05) is 42.7 Å². The van der Waals surface area contributed by atoms with Crippen LogP contribution < -0.4 is 5.32 Å². The van der Waals surface area contributed by atoms with E-state index in [1.54, 1.807) is 0 Å². The number of benzene rings is 1. The summed E-state index contributed by atoms with van der Waals surface area (Å²) in [6, 6.07) is 8.10. The number of halogens is 1. The van der Waals surface area contributed by atoms with Gasteiger partial charge in [0.25, 0.3) is 0 Å². The number of rotatable bonds is 10. The Kier molecular flexibility index (Phi) is 9.70. The lowest BCUT2D eigenvalue weighted by molar-refractivity contribution is -0.122. The molecule has 2 fully saturated rings. The average Bonchev–Trinajstić information content (AvgIpc) is 2.75. The molecule has 1 aromatic rings. The van der Waals surface area contributed by atoms with E-state index in [1.165, 1.54) is 38.6 Å². The van der Waals surface area contributed by atoms with E-state index in [1.807, 2.05) is 30.3 Å². The van der Waals surface area contributed by atoms with Crippen molar-refractivity contribution < 1.29 is 9.53 Å². The Hall–Kier alpha value is -1.36. The first-order valence-corrected chi connectivity index (χ1v) is 12.0. The number of carbonyl (C=O) groups excluding carboxylic acids is 1. The first-order chi connectivity index (χ1) is 14.6. The molecule has 1 aromatic carbocycles. The van der Waals surface area contributed by atoms with Crippen molar-refractivity contribution in [2.24, 2.45) is 11.8 Å². The summed E-state index contributed by atoms with van der Waals surface area (Å²) in [7, 11) is 0. The Bertz CT molecular complexity index is 664. The van der Waals surface area contributed by atoms with E-state index >= 15 is 0 Å². The predicted octanol–water partition coefficient (Wildman–Crippen LogP) is 4.86. The topological polar surface area (TPSA) is 41.6 Å². The summed E-state index contributed by atoms with van der Waals surface area (Å²) < 4.78 is 5.70. The Morgan fingerprint density at radius 3 is 2.80 bits per heavy atom. The Labute approximate surface area is 187 Å². The Morgan fingerprint density at radius 1 is 1.20 bits per heavy atom. The standard InChI is InChI=1S/C25H37ClN2O2/c1-2-16-30-19-21-6-5-15-28(17-21)18-22-7-3-4-8-24(22)27-25(29)14-11-20-9-12-23(26)13-10-20/h2,9-10,12-13,21-22,24H,1,3-8,11,14-19H2,(H,27,29)/t21?,22-,24?/m0/s1. The fourth-order valence-corrected chi connectivity index (χ4v) is 5.03. The van der Waals surface area contributed by atoms with Crippen molar-refractivity contribution in [1.82, 2.24) is 10.2 Å². The summed E-state index contributed by atoms with van der Waals surface area (Å²) in [4.78, 5) is 15.2. The maximum absolute atomic E-state index is 12.6. The molecule has 1 N–H and O–H groups in total. The number of amides is 1. The molecular weight excluding hydrogens is 396 g/mol. The molecular formula is C25H37ClN2O2. The third-order valence-electron chi connectivity index (χ3n) is 6.49. The normalized spacial score (nSPS) is 25.0. The molecule has 30 heavy (non-hydrogen) atoms. The van der Waals surface area contributed by atoms with Crippen LogP contribution in [0.15, 0.2) is 36.9 Å². The van der Waals surface area contributed by atoms with Gasteiger partial charge in [-0.15, -0.1) is 6.58 Å². The summed E-state index contributed by atoms with van der Waals surface area (Å²) in [6.07, 6.45) is 10.4. The van der Waals surface area contributed by atoms with Gasteiger partial charge in [0.2, 0.25) is 5.91 Å². The molecule has 1 saturated heterocycles. The van der Waals surface area contributed by atoms with Crippen LogP contribution in [-0.2, 0) is 16.0 Å². The zero-order chi connectivity index (χ0) is 21.2. The summed E-state index contributed by atoms with van der Waals surface area (Å²) in [5.74, 6) is 1.36. The van der Waals surface area contributed by atoms with Crippen LogP contribution in [0, 0.1) is 11.8 Å². The summed E-state index contributed by atoms with van der Waals surface area (Å²) in [6.45, 7) is 8.59. The van der Waals surface area contributed by atoms with Crippen molar-refractivity contribution in [3.05, 3.63) is 47.5 Å². The molecule has 0 bridgehead atoms. The second kappa shape index (κ2) is 12.5. The van der Waals surface area contributed by atoms with Crippen LogP contribution in [0.1, 0.15) is 50.5 Å². The molecule has 3 rings (SSSR count). The van der Waals surface area contributed by atoms with Crippen LogP contribution in [0.25, 0.3) is 0 Å². The first-order valence-electron chi connectivity index (χ1n) is 11.6. The number of nitrogens with zero attached hydrogens (tertiary/aromatic N) is 1. The summed E-state index contributed by atoms with van der Waals surface area (Å²) >= 11 is 5.95. The van der Waals surface area contributed by atoms with Crippen molar-refractivity contribution in [2.75, 3.05) is 32.8 Å². The van der Waals surface area contributed by atoms with E-state index in [-0.39, 0.29) is 5.91 Å². The first kappa shape index (κ1) is 23.3. The summed E-state index contributed by atoms with van der Waals surface area (Å²) in [5, 5.41) is 4.10. The highest BCUT2D eigenvalue weighted by Crippen LogP contribution is 2.27. The van der Waals surface area contributed by atoms with Crippen LogP contribution >= 0.6 is 11.6 Å². The van der Waals surface area contributed by atoms with Gasteiger partial charge in [0.15, 0.2) is 0 Å². The highest BCUT2D eigenvalue weighted by Gasteiger charge is 2.30. The molecule has 1 aliphatic carbocycles. The number of aryl methyl sites for hydroxylation is 1. The van der Waals surface area contributed by atoms with E-state index < -0.39 is 0 Å². The SMILES string of the molecule is C=CCOCC1CCCN(C[C@@H]2CCCCC2NC(=O)CCc2ccc(Cl)cc2)C1. The number of ether oxygens (including phenoxy) is 1. The van der Waals surface area contributed by atoms with Crippen LogP contribution in [0.4, 0.5) is 0 Å². The molecule has 0 radical (unpaired) electrons. The molecule has 0 aromatic heterocycles. The molecule has 1 aliphatic heterocycles. The fraction of sp³-hybridized carbons (Fsp3) is 0.640. The maximum Gasteiger partial charge on any atom is 0.220 e. The van der Waals surface area contributed by atoms with Gasteiger partial charge in [0.1, 0.15) is 0 Å². The van der Waals surface area contributed by atoms with Gasteiger partial charge in [0.05, 0.1) is 13.2 Å². The van der Waals surface area contributed by atoms with Gasteiger partial charge >= 0.3 is 0 Å². The van der Waals surface area contributed by atoms with Gasteiger partial charge in [-0.05, 0) is 68.2 Å². The third-order valence-corrected chi connectivity index (χ3v) is 6.75. The van der Waals surface area contributed by atoms with E-state index in [0.717, 1.165) is 43.1 Å². The number of likely N-dealkylation sites (tertiary alicyclic amines) is 1. The van der Waals surface area contributed by atoms with Crippen molar-refractivity contribution in [1.29, 1.82) is 0 Å². The van der Waals surface area contributed by atoms with E-state index in [2.05, 4.69) is 16.8 Å². The van der Waals surface area contributed by atoms with Crippen molar-refractivity contribution in [3.63, 3.8) is 0 Å². The van der Waals surface area contributed by atoms with Crippen molar-refractivity contribution in [2.45, 2.75) is 57.4 Å². The van der Waals surface area contributed by atoms with Gasteiger partial charge in [-0.3, -0.25) is 4.79 Å². The third kappa shape index (κ3) is 7.72. The lowest BCUT2D eigenvalue weighted by Gasteiger charge is -2.39. The second-order valence-corrected chi connectivity index (χ2v) is 9.38. The molecule has 0 spiro atoms. The van der Waals surface area contributed by atoms with E-state index in [0.29, 0.717) is 30.9 Å². The number of hydrogen-bond acceptors (Lipinski definition) is 3. The molecule has 1 amide bonds. The van der Waals surface area contributed by atoms with Gasteiger partial charge in [-0.2, -0.15) is 0 Å². The lowest BCUT2D eigenvalue weighted by Crippen LogP contribution is -2.48. The molecule has 2 unspecified atom stereocenters. The number of piperidine rings is 1. The van der Waals surface area contributed by atoms with Crippen LogP contribution in [-0.4, -0.2) is 49.7 Å². The van der Waals surface area contributed by atoms with E-state index in [4.69, 9.17) is 16.3 Å². The monoisotopic (exact) mass is 432 g/mol. The fourth-order valence-electron chi connectivity index (χ4n) is 4.91. The minimum atomic E-state index is 0.177. The Balaban J connectivity index is 1.45.